The van der Waals surface area contributed by atoms with Gasteiger partial charge in [-0.2, -0.15) is 0 Å². The molecule has 5 heteroatoms. The van der Waals surface area contributed by atoms with Gasteiger partial charge in [0.05, 0.1) is 6.54 Å². The standard InChI is InChI=1S/C6H11ClF3N/c7-1-3-11(4-2-8)5-6(9)10/h6H,1-5H2. The molecule has 0 aromatic carbocycles. The Kier molecular flexibility index (Phi) is 6.76. The Labute approximate surface area is 69.1 Å². The molecule has 0 aliphatic carbocycles. The van der Waals surface area contributed by atoms with E-state index in [1.165, 1.54) is 4.90 Å². The van der Waals surface area contributed by atoms with E-state index in [2.05, 4.69) is 0 Å². The summed E-state index contributed by atoms with van der Waals surface area (Å²) in [5, 5.41) is 0. The topological polar surface area (TPSA) is 3.24 Å². The number of hydrogen-bond acceptors (Lipinski definition) is 1. The molecular weight excluding hydrogens is 179 g/mol. The molecule has 0 saturated heterocycles. The molecule has 0 rings (SSSR count). The molecule has 0 saturated carbocycles. The lowest BCUT2D eigenvalue weighted by atomic mass is 10.5. The first kappa shape index (κ1) is 11.0. The van der Waals surface area contributed by atoms with E-state index in [1.807, 2.05) is 0 Å². The zero-order valence-electron chi connectivity index (χ0n) is 6.07. The second kappa shape index (κ2) is 6.73. The summed E-state index contributed by atoms with van der Waals surface area (Å²) >= 11 is 5.31. The van der Waals surface area contributed by atoms with E-state index in [4.69, 9.17) is 11.6 Å². The molecule has 0 amide bonds. The van der Waals surface area contributed by atoms with Gasteiger partial charge in [-0.25, -0.2) is 13.2 Å². The highest BCUT2D eigenvalue weighted by Gasteiger charge is 2.10. The fraction of sp³-hybridized carbons (Fsp3) is 1.00. The van der Waals surface area contributed by atoms with Crippen molar-refractivity contribution < 1.29 is 13.2 Å². The third kappa shape index (κ3) is 6.44. The zero-order valence-corrected chi connectivity index (χ0v) is 6.83. The van der Waals surface area contributed by atoms with Gasteiger partial charge in [-0.15, -0.1) is 11.6 Å². The Morgan fingerprint density at radius 2 is 1.91 bits per heavy atom. The highest BCUT2D eigenvalue weighted by Crippen LogP contribution is 1.98. The van der Waals surface area contributed by atoms with Crippen molar-refractivity contribution in [2.24, 2.45) is 0 Å². The van der Waals surface area contributed by atoms with Crippen molar-refractivity contribution in [3.05, 3.63) is 0 Å². The molecule has 0 aromatic rings. The molecule has 0 bridgehead atoms. The van der Waals surface area contributed by atoms with Crippen LogP contribution in [0.25, 0.3) is 0 Å². The molecule has 68 valence electrons. The lowest BCUT2D eigenvalue weighted by Crippen LogP contribution is -2.32. The average molecular weight is 190 g/mol. The van der Waals surface area contributed by atoms with E-state index in [0.717, 1.165) is 0 Å². The summed E-state index contributed by atoms with van der Waals surface area (Å²) in [6.07, 6.45) is -2.41. The van der Waals surface area contributed by atoms with Crippen LogP contribution >= 0.6 is 11.6 Å². The van der Waals surface area contributed by atoms with Crippen LogP contribution in [-0.2, 0) is 0 Å². The van der Waals surface area contributed by atoms with Gasteiger partial charge in [0.1, 0.15) is 6.67 Å². The summed E-state index contributed by atoms with van der Waals surface area (Å²) < 4.78 is 35.1. The molecule has 0 aliphatic heterocycles. The second-order valence-corrected chi connectivity index (χ2v) is 2.45. The minimum Gasteiger partial charge on any atom is -0.294 e. The minimum atomic E-state index is -2.41. The third-order valence-electron chi connectivity index (χ3n) is 1.20. The number of halogens is 4. The summed E-state index contributed by atoms with van der Waals surface area (Å²) in [6.45, 7) is -0.646. The van der Waals surface area contributed by atoms with Crippen LogP contribution in [0.2, 0.25) is 0 Å². The average Bonchev–Trinajstić information content (AvgIpc) is 1.87. The number of nitrogens with zero attached hydrogens (tertiary/aromatic N) is 1. The summed E-state index contributed by atoms with van der Waals surface area (Å²) in [7, 11) is 0. The van der Waals surface area contributed by atoms with Crippen molar-refractivity contribution in [3.8, 4) is 0 Å². The molecule has 0 heterocycles. The maximum Gasteiger partial charge on any atom is 0.251 e. The predicted molar refractivity (Wildman–Crippen MR) is 39.1 cm³/mol. The van der Waals surface area contributed by atoms with Crippen LogP contribution in [-0.4, -0.2) is 43.5 Å². The number of rotatable bonds is 6. The van der Waals surface area contributed by atoms with Gasteiger partial charge in [0.25, 0.3) is 6.43 Å². The van der Waals surface area contributed by atoms with Crippen molar-refractivity contribution in [1.29, 1.82) is 0 Å². The fourth-order valence-electron chi connectivity index (χ4n) is 0.729. The summed E-state index contributed by atoms with van der Waals surface area (Å²) in [5.41, 5.74) is 0. The third-order valence-corrected chi connectivity index (χ3v) is 1.37. The van der Waals surface area contributed by atoms with Crippen LogP contribution in [0.15, 0.2) is 0 Å². The Bertz CT molecular complexity index is 85.9. The monoisotopic (exact) mass is 189 g/mol. The maximum absolute atomic E-state index is 11.7. The van der Waals surface area contributed by atoms with Crippen LogP contribution in [0.5, 0.6) is 0 Å². The second-order valence-electron chi connectivity index (χ2n) is 2.07. The van der Waals surface area contributed by atoms with Crippen LogP contribution in [0.4, 0.5) is 13.2 Å². The van der Waals surface area contributed by atoms with Gasteiger partial charge >= 0.3 is 0 Å². The molecule has 0 N–H and O–H groups in total. The highest BCUT2D eigenvalue weighted by atomic mass is 35.5. The van der Waals surface area contributed by atoms with E-state index in [-0.39, 0.29) is 12.4 Å². The van der Waals surface area contributed by atoms with Gasteiger partial charge in [0, 0.05) is 19.0 Å². The lowest BCUT2D eigenvalue weighted by molar-refractivity contribution is 0.0881. The molecule has 0 radical (unpaired) electrons. The molecule has 0 aromatic heterocycles. The van der Waals surface area contributed by atoms with Gasteiger partial charge in [0.2, 0.25) is 0 Å². The molecular formula is C6H11ClF3N. The first-order valence-electron chi connectivity index (χ1n) is 3.33. The maximum atomic E-state index is 11.7. The van der Waals surface area contributed by atoms with E-state index in [1.54, 1.807) is 0 Å². The predicted octanol–water partition coefficient (Wildman–Crippen LogP) is 1.76. The van der Waals surface area contributed by atoms with E-state index in [9.17, 15) is 13.2 Å². The Morgan fingerprint density at radius 3 is 2.27 bits per heavy atom. The molecule has 1 nitrogen and oxygen atoms in total. The minimum absolute atomic E-state index is 0.0388. The highest BCUT2D eigenvalue weighted by molar-refractivity contribution is 6.18. The van der Waals surface area contributed by atoms with Crippen molar-refractivity contribution in [2.45, 2.75) is 6.43 Å². The van der Waals surface area contributed by atoms with Gasteiger partial charge in [0.15, 0.2) is 0 Å². The molecule has 0 unspecified atom stereocenters. The van der Waals surface area contributed by atoms with Crippen molar-refractivity contribution in [2.75, 3.05) is 32.2 Å². The van der Waals surface area contributed by atoms with Crippen molar-refractivity contribution in [1.82, 2.24) is 4.90 Å². The zero-order chi connectivity index (χ0) is 8.69. The van der Waals surface area contributed by atoms with Crippen LogP contribution in [0.3, 0.4) is 0 Å². The molecule has 0 aliphatic rings. The van der Waals surface area contributed by atoms with Gasteiger partial charge < -0.3 is 0 Å². The Balaban J connectivity index is 3.50. The van der Waals surface area contributed by atoms with Crippen LogP contribution in [0.1, 0.15) is 0 Å². The molecule has 0 fully saturated rings. The Morgan fingerprint density at radius 1 is 1.27 bits per heavy atom. The smallest absolute Gasteiger partial charge is 0.251 e. The molecule has 11 heavy (non-hydrogen) atoms. The quantitative estimate of drug-likeness (QED) is 0.576. The summed E-state index contributed by atoms with van der Waals surface area (Å²) in [4.78, 5) is 1.30. The number of alkyl halides is 4. The van der Waals surface area contributed by atoms with Crippen molar-refractivity contribution >= 4 is 11.6 Å². The van der Waals surface area contributed by atoms with E-state index in [0.29, 0.717) is 6.54 Å². The summed E-state index contributed by atoms with van der Waals surface area (Å²) in [5.74, 6) is 0.257. The summed E-state index contributed by atoms with van der Waals surface area (Å²) in [6, 6.07) is 0. The first-order chi connectivity index (χ1) is 5.20. The Hall–Kier alpha value is 0.0400. The lowest BCUT2D eigenvalue weighted by Gasteiger charge is -2.18. The van der Waals surface area contributed by atoms with Gasteiger partial charge in [-0.1, -0.05) is 0 Å². The normalized spacial score (nSPS) is 11.5. The van der Waals surface area contributed by atoms with E-state index >= 15 is 0 Å². The van der Waals surface area contributed by atoms with Crippen LogP contribution in [0, 0.1) is 0 Å². The largest absolute Gasteiger partial charge is 0.294 e. The first-order valence-corrected chi connectivity index (χ1v) is 3.86. The van der Waals surface area contributed by atoms with Crippen LogP contribution < -0.4 is 0 Å². The van der Waals surface area contributed by atoms with Gasteiger partial charge in [-0.3, -0.25) is 4.90 Å². The van der Waals surface area contributed by atoms with Gasteiger partial charge in [-0.05, 0) is 0 Å². The van der Waals surface area contributed by atoms with Crippen molar-refractivity contribution in [3.63, 3.8) is 0 Å². The molecule has 0 atom stereocenters. The number of hydrogen-bond donors (Lipinski definition) is 0. The fourth-order valence-corrected chi connectivity index (χ4v) is 0.968. The molecule has 0 spiro atoms. The SMILES string of the molecule is FCCN(CCCl)CC(F)F. The van der Waals surface area contributed by atoms with E-state index < -0.39 is 19.6 Å².